The van der Waals surface area contributed by atoms with Gasteiger partial charge in [0.15, 0.2) is 25.5 Å². The van der Waals surface area contributed by atoms with Crippen LogP contribution in [0.4, 0.5) is 0 Å². The van der Waals surface area contributed by atoms with Gasteiger partial charge in [0, 0.05) is 25.9 Å². The number of rotatable bonds is 4. The van der Waals surface area contributed by atoms with Gasteiger partial charge in [0.05, 0.1) is 39.8 Å². The topological polar surface area (TPSA) is 124 Å². The molecule has 3 aliphatic heterocycles. The van der Waals surface area contributed by atoms with Crippen molar-refractivity contribution in [1.82, 2.24) is 4.31 Å². The van der Waals surface area contributed by atoms with Crippen LogP contribution in [-0.2, 0) is 39.2 Å². The standard InChI is InChI=1S/C17H23NO8S3/c19-27(20)11-4-16(13-27)28(21,22)14-2-1-3-15(12-14)29(23,24)18-7-5-17(6-8-18)25-9-10-26-17/h1-3,12,16H,4-11,13H2. The highest BCUT2D eigenvalue weighted by Gasteiger charge is 2.43. The lowest BCUT2D eigenvalue weighted by Gasteiger charge is -2.36. The van der Waals surface area contributed by atoms with Gasteiger partial charge in [-0.1, -0.05) is 6.07 Å². The largest absolute Gasteiger partial charge is 0.347 e. The van der Waals surface area contributed by atoms with Gasteiger partial charge >= 0.3 is 0 Å². The predicted molar refractivity (Wildman–Crippen MR) is 103 cm³/mol. The second-order valence-corrected chi connectivity index (χ2v) is 14.0. The lowest BCUT2D eigenvalue weighted by Crippen LogP contribution is -2.47. The molecule has 4 rings (SSSR count). The molecule has 0 aromatic heterocycles. The molecule has 3 aliphatic rings. The van der Waals surface area contributed by atoms with Crippen molar-refractivity contribution in [1.29, 1.82) is 0 Å². The highest BCUT2D eigenvalue weighted by molar-refractivity contribution is 7.96. The highest BCUT2D eigenvalue weighted by Crippen LogP contribution is 2.34. The molecule has 29 heavy (non-hydrogen) atoms. The molecule has 12 heteroatoms. The lowest BCUT2D eigenvalue weighted by molar-refractivity contribution is -0.179. The van der Waals surface area contributed by atoms with Gasteiger partial charge in [-0.05, 0) is 24.6 Å². The second-order valence-electron chi connectivity index (χ2n) is 7.56. The molecule has 3 heterocycles. The van der Waals surface area contributed by atoms with Gasteiger partial charge in [-0.2, -0.15) is 4.31 Å². The average Bonchev–Trinajstić information content (AvgIpc) is 3.29. The number of piperidine rings is 1. The Morgan fingerprint density at radius 1 is 1.00 bits per heavy atom. The van der Waals surface area contributed by atoms with Crippen molar-refractivity contribution in [3.8, 4) is 0 Å². The highest BCUT2D eigenvalue weighted by atomic mass is 32.2. The number of hydrogen-bond acceptors (Lipinski definition) is 8. The fourth-order valence-corrected chi connectivity index (χ4v) is 9.98. The maximum atomic E-state index is 13.0. The molecule has 1 aromatic carbocycles. The number of benzene rings is 1. The summed E-state index contributed by atoms with van der Waals surface area (Å²) in [5, 5.41) is -1.04. The molecule has 9 nitrogen and oxygen atoms in total. The Bertz CT molecular complexity index is 1100. The van der Waals surface area contributed by atoms with E-state index in [-0.39, 0.29) is 35.1 Å². The number of sulfonamides is 1. The van der Waals surface area contributed by atoms with Crippen LogP contribution < -0.4 is 0 Å². The van der Waals surface area contributed by atoms with Crippen LogP contribution in [0.1, 0.15) is 19.3 Å². The van der Waals surface area contributed by atoms with E-state index in [1.54, 1.807) is 0 Å². The third-order valence-corrected chi connectivity index (χ3v) is 11.8. The third kappa shape index (κ3) is 3.98. The van der Waals surface area contributed by atoms with E-state index >= 15 is 0 Å². The summed E-state index contributed by atoms with van der Waals surface area (Å²) < 4.78 is 87.6. The van der Waals surface area contributed by atoms with Gasteiger partial charge in [0.2, 0.25) is 10.0 Å². The van der Waals surface area contributed by atoms with Crippen LogP contribution in [-0.4, -0.2) is 78.4 Å². The van der Waals surface area contributed by atoms with Crippen molar-refractivity contribution >= 4 is 29.7 Å². The van der Waals surface area contributed by atoms with Crippen molar-refractivity contribution < 1.29 is 34.7 Å². The molecule has 3 fully saturated rings. The zero-order chi connectivity index (χ0) is 20.9. The molecular formula is C17H23NO8S3. The maximum absolute atomic E-state index is 13.0. The maximum Gasteiger partial charge on any atom is 0.243 e. The first-order valence-electron chi connectivity index (χ1n) is 9.37. The van der Waals surface area contributed by atoms with Crippen LogP contribution in [0.2, 0.25) is 0 Å². The Morgan fingerprint density at radius 2 is 1.62 bits per heavy atom. The lowest BCUT2D eigenvalue weighted by atomic mass is 10.1. The van der Waals surface area contributed by atoms with E-state index in [2.05, 4.69) is 0 Å². The first-order valence-corrected chi connectivity index (χ1v) is 14.2. The Kier molecular flexibility index (Phi) is 5.32. The van der Waals surface area contributed by atoms with Crippen molar-refractivity contribution in [2.24, 2.45) is 0 Å². The van der Waals surface area contributed by atoms with Crippen LogP contribution in [0.3, 0.4) is 0 Å². The van der Waals surface area contributed by atoms with Gasteiger partial charge in [0.25, 0.3) is 0 Å². The molecule has 3 saturated heterocycles. The SMILES string of the molecule is O=S1(=O)CCC(S(=O)(=O)c2cccc(S(=O)(=O)N3CCC4(CC3)OCCO4)c2)C1. The fourth-order valence-electron chi connectivity index (χ4n) is 4.01. The minimum Gasteiger partial charge on any atom is -0.347 e. The number of nitrogens with zero attached hydrogens (tertiary/aromatic N) is 1. The zero-order valence-corrected chi connectivity index (χ0v) is 18.1. The summed E-state index contributed by atoms with van der Waals surface area (Å²) >= 11 is 0. The van der Waals surface area contributed by atoms with Gasteiger partial charge < -0.3 is 9.47 Å². The van der Waals surface area contributed by atoms with Crippen LogP contribution in [0.5, 0.6) is 0 Å². The van der Waals surface area contributed by atoms with Crippen molar-refractivity contribution in [3.63, 3.8) is 0 Å². The van der Waals surface area contributed by atoms with Gasteiger partial charge in [-0.3, -0.25) is 0 Å². The number of hydrogen-bond donors (Lipinski definition) is 0. The zero-order valence-electron chi connectivity index (χ0n) is 15.7. The van der Waals surface area contributed by atoms with Gasteiger partial charge in [-0.15, -0.1) is 0 Å². The number of ether oxygens (including phenoxy) is 2. The molecule has 1 spiro atoms. The summed E-state index contributed by atoms with van der Waals surface area (Å²) in [5.74, 6) is -1.32. The molecule has 162 valence electrons. The minimum atomic E-state index is -3.94. The summed E-state index contributed by atoms with van der Waals surface area (Å²) in [5.41, 5.74) is 0. The van der Waals surface area contributed by atoms with Crippen molar-refractivity contribution in [2.75, 3.05) is 37.8 Å². The Morgan fingerprint density at radius 3 is 2.21 bits per heavy atom. The fraction of sp³-hybridized carbons (Fsp3) is 0.647. The van der Waals surface area contributed by atoms with Crippen molar-refractivity contribution in [3.05, 3.63) is 24.3 Å². The first kappa shape index (κ1) is 21.2. The third-order valence-electron chi connectivity index (χ3n) is 5.70. The quantitative estimate of drug-likeness (QED) is 0.617. The molecule has 0 aliphatic carbocycles. The van der Waals surface area contributed by atoms with E-state index in [1.165, 1.54) is 22.5 Å². The Hall–Kier alpha value is -1.05. The van der Waals surface area contributed by atoms with E-state index in [9.17, 15) is 25.3 Å². The first-order chi connectivity index (χ1) is 13.5. The normalized spacial score (nSPS) is 27.4. The van der Waals surface area contributed by atoms with E-state index in [4.69, 9.17) is 9.47 Å². The Labute approximate surface area is 170 Å². The number of sulfone groups is 2. The molecule has 0 N–H and O–H groups in total. The second kappa shape index (κ2) is 7.27. The van der Waals surface area contributed by atoms with E-state index in [0.717, 1.165) is 6.07 Å². The molecule has 0 saturated carbocycles. The van der Waals surface area contributed by atoms with Crippen LogP contribution in [0.15, 0.2) is 34.1 Å². The van der Waals surface area contributed by atoms with Crippen molar-refractivity contribution in [2.45, 2.75) is 40.1 Å². The minimum absolute atomic E-state index is 0.0237. The summed E-state index contributed by atoms with van der Waals surface area (Å²) in [7, 11) is -11.2. The monoisotopic (exact) mass is 465 g/mol. The smallest absolute Gasteiger partial charge is 0.243 e. The molecule has 0 bridgehead atoms. The predicted octanol–water partition coefficient (Wildman–Crippen LogP) is 0.175. The summed E-state index contributed by atoms with van der Waals surface area (Å²) in [6, 6.07) is 5.16. The molecular weight excluding hydrogens is 442 g/mol. The van der Waals surface area contributed by atoms with E-state index in [0.29, 0.717) is 26.1 Å². The average molecular weight is 466 g/mol. The van der Waals surface area contributed by atoms with E-state index in [1.807, 2.05) is 0 Å². The molecule has 1 aromatic rings. The van der Waals surface area contributed by atoms with Crippen LogP contribution in [0.25, 0.3) is 0 Å². The van der Waals surface area contributed by atoms with Crippen LogP contribution >= 0.6 is 0 Å². The molecule has 1 unspecified atom stereocenters. The summed E-state index contributed by atoms with van der Waals surface area (Å²) in [4.78, 5) is -0.291. The summed E-state index contributed by atoms with van der Waals surface area (Å²) in [6.45, 7) is 1.40. The van der Waals surface area contributed by atoms with Gasteiger partial charge in [-0.25, -0.2) is 25.3 Å². The van der Waals surface area contributed by atoms with Gasteiger partial charge in [0.1, 0.15) is 0 Å². The Balaban J connectivity index is 1.57. The van der Waals surface area contributed by atoms with E-state index < -0.39 is 46.5 Å². The molecule has 0 amide bonds. The molecule has 0 radical (unpaired) electrons. The van der Waals surface area contributed by atoms with Crippen LogP contribution in [0, 0.1) is 0 Å². The molecule has 1 atom stereocenters. The summed E-state index contributed by atoms with van der Waals surface area (Å²) in [6.07, 6.45) is 0.837.